The van der Waals surface area contributed by atoms with Crippen molar-refractivity contribution in [1.82, 2.24) is 15.0 Å². The van der Waals surface area contributed by atoms with E-state index >= 15 is 0 Å². The lowest BCUT2D eigenvalue weighted by Gasteiger charge is -2.07. The van der Waals surface area contributed by atoms with Gasteiger partial charge in [-0.15, -0.1) is 0 Å². The fourth-order valence-corrected chi connectivity index (χ4v) is 3.66. The van der Waals surface area contributed by atoms with Gasteiger partial charge in [0.2, 0.25) is 0 Å². The first kappa shape index (κ1) is 17.2. The van der Waals surface area contributed by atoms with Crippen LogP contribution in [-0.2, 0) is 0 Å². The molecule has 27 heavy (non-hydrogen) atoms. The van der Waals surface area contributed by atoms with Gasteiger partial charge in [0.15, 0.2) is 5.13 Å². The summed E-state index contributed by atoms with van der Waals surface area (Å²) < 4.78 is 5.51. The first-order chi connectivity index (χ1) is 13.2. The van der Waals surface area contributed by atoms with Crippen LogP contribution in [0.4, 0.5) is 5.13 Å². The Balaban J connectivity index is 1.73. The number of anilines is 1. The quantitative estimate of drug-likeness (QED) is 0.537. The first-order valence-electron chi connectivity index (χ1n) is 8.62. The van der Waals surface area contributed by atoms with Crippen LogP contribution in [0.15, 0.2) is 67.0 Å². The average Bonchev–Trinajstić information content (AvgIpc) is 3.11. The molecule has 0 spiro atoms. The largest absolute Gasteiger partial charge is 0.494 e. The van der Waals surface area contributed by atoms with Crippen molar-refractivity contribution in [1.29, 1.82) is 0 Å². The molecule has 0 aliphatic carbocycles. The van der Waals surface area contributed by atoms with Crippen LogP contribution in [0.2, 0.25) is 0 Å². The van der Waals surface area contributed by atoms with E-state index < -0.39 is 0 Å². The van der Waals surface area contributed by atoms with Gasteiger partial charge in [-0.3, -0.25) is 9.97 Å². The number of hydrogen-bond donors (Lipinski definition) is 1. The van der Waals surface area contributed by atoms with Crippen LogP contribution < -0.4 is 10.5 Å². The SMILES string of the molecule is CCOc1ccc(-c2cc(-c3sc(N)nc3-c3ccccn3)ccn2)cc1. The van der Waals surface area contributed by atoms with E-state index in [4.69, 9.17) is 10.5 Å². The van der Waals surface area contributed by atoms with Crippen molar-refractivity contribution in [3.63, 3.8) is 0 Å². The van der Waals surface area contributed by atoms with Gasteiger partial charge in [-0.2, -0.15) is 0 Å². The van der Waals surface area contributed by atoms with Crippen LogP contribution in [0.3, 0.4) is 0 Å². The minimum Gasteiger partial charge on any atom is -0.494 e. The van der Waals surface area contributed by atoms with Crippen LogP contribution in [0.5, 0.6) is 5.75 Å². The highest BCUT2D eigenvalue weighted by molar-refractivity contribution is 7.19. The Labute approximate surface area is 161 Å². The van der Waals surface area contributed by atoms with Gasteiger partial charge in [0, 0.05) is 18.0 Å². The molecule has 0 aliphatic heterocycles. The second-order valence-electron chi connectivity index (χ2n) is 5.83. The van der Waals surface area contributed by atoms with Crippen molar-refractivity contribution in [2.24, 2.45) is 0 Å². The zero-order valence-corrected chi connectivity index (χ0v) is 15.6. The van der Waals surface area contributed by atoms with Crippen molar-refractivity contribution in [3.8, 4) is 38.8 Å². The number of pyridine rings is 2. The molecule has 0 bridgehead atoms. The maximum atomic E-state index is 6.00. The zero-order chi connectivity index (χ0) is 18.6. The second kappa shape index (κ2) is 7.55. The molecule has 1 aromatic carbocycles. The molecule has 0 fully saturated rings. The predicted molar refractivity (Wildman–Crippen MR) is 110 cm³/mol. The number of rotatable bonds is 5. The molecule has 0 saturated heterocycles. The highest BCUT2D eigenvalue weighted by Crippen LogP contribution is 2.38. The lowest BCUT2D eigenvalue weighted by Crippen LogP contribution is -1.91. The zero-order valence-electron chi connectivity index (χ0n) is 14.8. The summed E-state index contributed by atoms with van der Waals surface area (Å²) >= 11 is 1.45. The monoisotopic (exact) mass is 374 g/mol. The number of nitrogen functional groups attached to an aromatic ring is 1. The van der Waals surface area contributed by atoms with E-state index in [1.165, 1.54) is 11.3 Å². The molecule has 0 aliphatic rings. The first-order valence-corrected chi connectivity index (χ1v) is 9.43. The molecule has 5 nitrogen and oxygen atoms in total. The topological polar surface area (TPSA) is 73.9 Å². The summed E-state index contributed by atoms with van der Waals surface area (Å²) in [7, 11) is 0. The van der Waals surface area contributed by atoms with E-state index in [-0.39, 0.29) is 0 Å². The van der Waals surface area contributed by atoms with E-state index in [2.05, 4.69) is 21.0 Å². The summed E-state index contributed by atoms with van der Waals surface area (Å²) in [6, 6.07) is 17.7. The molecule has 0 saturated carbocycles. The Kier molecular flexibility index (Phi) is 4.80. The number of ether oxygens (including phenoxy) is 1. The Bertz CT molecular complexity index is 1050. The molecule has 0 amide bonds. The van der Waals surface area contributed by atoms with Gasteiger partial charge in [0.05, 0.1) is 22.9 Å². The third kappa shape index (κ3) is 3.66. The third-order valence-electron chi connectivity index (χ3n) is 4.03. The van der Waals surface area contributed by atoms with Gasteiger partial charge < -0.3 is 10.5 Å². The summed E-state index contributed by atoms with van der Waals surface area (Å²) in [5, 5.41) is 0.519. The molecule has 0 unspecified atom stereocenters. The van der Waals surface area contributed by atoms with Gasteiger partial charge in [-0.1, -0.05) is 17.4 Å². The Morgan fingerprint density at radius 3 is 2.48 bits per heavy atom. The number of thiazole rings is 1. The van der Waals surface area contributed by atoms with E-state index in [0.717, 1.165) is 38.8 Å². The lowest BCUT2D eigenvalue weighted by atomic mass is 10.1. The minimum absolute atomic E-state index is 0.519. The summed E-state index contributed by atoms with van der Waals surface area (Å²) in [6.45, 7) is 2.62. The highest BCUT2D eigenvalue weighted by atomic mass is 32.1. The van der Waals surface area contributed by atoms with Gasteiger partial charge >= 0.3 is 0 Å². The number of nitrogens with zero attached hydrogens (tertiary/aromatic N) is 3. The molecule has 0 radical (unpaired) electrons. The molecule has 2 N–H and O–H groups in total. The molecule has 4 aromatic rings. The number of hydrogen-bond acceptors (Lipinski definition) is 6. The molecular formula is C21H18N4OS. The number of aromatic nitrogens is 3. The average molecular weight is 374 g/mol. The molecule has 3 aromatic heterocycles. The molecule has 0 atom stereocenters. The summed E-state index contributed by atoms with van der Waals surface area (Å²) in [6.07, 6.45) is 3.56. The fraction of sp³-hybridized carbons (Fsp3) is 0.0952. The van der Waals surface area contributed by atoms with Gasteiger partial charge in [-0.05, 0) is 61.0 Å². The van der Waals surface area contributed by atoms with E-state index in [1.54, 1.807) is 12.4 Å². The van der Waals surface area contributed by atoms with E-state index in [0.29, 0.717) is 11.7 Å². The molecule has 4 rings (SSSR count). The molecule has 3 heterocycles. The summed E-state index contributed by atoms with van der Waals surface area (Å²) in [4.78, 5) is 14.4. The standard InChI is InChI=1S/C21H18N4OS/c1-2-26-16-8-6-14(7-9-16)18-13-15(10-12-24-18)20-19(25-21(22)27-20)17-5-3-4-11-23-17/h3-13H,2H2,1H3,(H2,22,25). The van der Waals surface area contributed by atoms with Crippen molar-refractivity contribution < 1.29 is 4.74 Å². The van der Waals surface area contributed by atoms with Crippen molar-refractivity contribution in [2.75, 3.05) is 12.3 Å². The van der Waals surface area contributed by atoms with Crippen molar-refractivity contribution in [3.05, 3.63) is 67.0 Å². The Morgan fingerprint density at radius 2 is 1.74 bits per heavy atom. The summed E-state index contributed by atoms with van der Waals surface area (Å²) in [5.74, 6) is 0.852. The van der Waals surface area contributed by atoms with Gasteiger partial charge in [0.25, 0.3) is 0 Å². The number of nitrogens with two attached hydrogens (primary N) is 1. The van der Waals surface area contributed by atoms with E-state index in [1.807, 2.05) is 55.5 Å². The second-order valence-corrected chi connectivity index (χ2v) is 6.86. The Morgan fingerprint density at radius 1 is 0.926 bits per heavy atom. The van der Waals surface area contributed by atoms with Crippen molar-refractivity contribution >= 4 is 16.5 Å². The van der Waals surface area contributed by atoms with Crippen molar-refractivity contribution in [2.45, 2.75) is 6.92 Å². The normalized spacial score (nSPS) is 10.7. The lowest BCUT2D eigenvalue weighted by molar-refractivity contribution is 0.340. The minimum atomic E-state index is 0.519. The van der Waals surface area contributed by atoms with Crippen LogP contribution in [0, 0.1) is 0 Å². The van der Waals surface area contributed by atoms with Crippen LogP contribution in [0.25, 0.3) is 33.1 Å². The summed E-state index contributed by atoms with van der Waals surface area (Å²) in [5.41, 5.74) is 10.5. The van der Waals surface area contributed by atoms with Gasteiger partial charge in [-0.25, -0.2) is 4.98 Å². The fourth-order valence-electron chi connectivity index (χ4n) is 2.83. The van der Waals surface area contributed by atoms with Gasteiger partial charge in [0.1, 0.15) is 11.4 Å². The van der Waals surface area contributed by atoms with E-state index in [9.17, 15) is 0 Å². The molecular weight excluding hydrogens is 356 g/mol. The van der Waals surface area contributed by atoms with Crippen LogP contribution in [-0.4, -0.2) is 21.6 Å². The predicted octanol–water partition coefficient (Wildman–Crippen LogP) is 4.92. The maximum absolute atomic E-state index is 6.00. The Hall–Kier alpha value is -3.25. The molecule has 6 heteroatoms. The number of benzene rings is 1. The maximum Gasteiger partial charge on any atom is 0.181 e. The highest BCUT2D eigenvalue weighted by Gasteiger charge is 2.15. The van der Waals surface area contributed by atoms with Crippen LogP contribution >= 0.6 is 11.3 Å². The molecule has 134 valence electrons. The van der Waals surface area contributed by atoms with Crippen LogP contribution in [0.1, 0.15) is 6.92 Å². The third-order valence-corrected chi connectivity index (χ3v) is 4.97. The smallest absolute Gasteiger partial charge is 0.181 e.